The predicted octanol–water partition coefficient (Wildman–Crippen LogP) is 4.16. The van der Waals surface area contributed by atoms with Gasteiger partial charge in [-0.05, 0) is 54.5 Å². The van der Waals surface area contributed by atoms with Crippen molar-refractivity contribution in [2.45, 2.75) is 31.9 Å². The number of hydrogen-bond acceptors (Lipinski definition) is 4. The van der Waals surface area contributed by atoms with Crippen molar-refractivity contribution in [3.05, 3.63) is 51.2 Å². The summed E-state index contributed by atoms with van der Waals surface area (Å²) in [5.41, 5.74) is 1.01. The summed E-state index contributed by atoms with van der Waals surface area (Å²) in [7, 11) is 0. The molecule has 0 bridgehead atoms. The van der Waals surface area contributed by atoms with Crippen LogP contribution in [0.25, 0.3) is 0 Å². The molecule has 1 amide bonds. The normalized spacial score (nSPS) is 21.9. The first kappa shape index (κ1) is 17.8. The summed E-state index contributed by atoms with van der Waals surface area (Å²) < 4.78 is 11.6. The molecule has 2 aliphatic heterocycles. The molecule has 2 aliphatic rings. The van der Waals surface area contributed by atoms with Crippen LogP contribution in [0.15, 0.2) is 35.7 Å². The van der Waals surface area contributed by atoms with Crippen LogP contribution in [-0.2, 0) is 22.5 Å². The Hall–Kier alpha value is -1.56. The molecule has 4 rings (SSSR count). The number of amides is 1. The number of rotatable bonds is 5. The van der Waals surface area contributed by atoms with E-state index in [-0.39, 0.29) is 17.9 Å². The molecule has 0 spiro atoms. The quantitative estimate of drug-likeness (QED) is 0.768. The molecule has 4 nitrogen and oxygen atoms in total. The molecule has 2 atom stereocenters. The van der Waals surface area contributed by atoms with E-state index >= 15 is 0 Å². The fourth-order valence-corrected chi connectivity index (χ4v) is 4.55. The highest BCUT2D eigenvalue weighted by atomic mass is 35.5. The molecule has 1 fully saturated rings. The predicted molar refractivity (Wildman–Crippen MR) is 103 cm³/mol. The zero-order valence-electron chi connectivity index (χ0n) is 14.5. The number of nitrogens with zero attached hydrogens (tertiary/aromatic N) is 1. The van der Waals surface area contributed by atoms with Crippen molar-refractivity contribution < 1.29 is 14.3 Å². The number of ether oxygens (including phenoxy) is 2. The van der Waals surface area contributed by atoms with Crippen molar-refractivity contribution in [3.8, 4) is 5.75 Å². The number of thiophene rings is 1. The van der Waals surface area contributed by atoms with E-state index in [1.165, 1.54) is 4.88 Å². The minimum atomic E-state index is -0.178. The highest BCUT2D eigenvalue weighted by Gasteiger charge is 2.32. The monoisotopic (exact) mass is 391 g/mol. The van der Waals surface area contributed by atoms with Gasteiger partial charge in [0.1, 0.15) is 12.4 Å². The maximum Gasteiger partial charge on any atom is 0.229 e. The molecule has 2 unspecified atom stereocenters. The third-order valence-corrected chi connectivity index (χ3v) is 6.06. The molecule has 6 heteroatoms. The van der Waals surface area contributed by atoms with Gasteiger partial charge in [-0.1, -0.05) is 17.7 Å². The van der Waals surface area contributed by atoms with Gasteiger partial charge in [0, 0.05) is 23.1 Å². The van der Waals surface area contributed by atoms with Gasteiger partial charge in [-0.25, -0.2) is 0 Å². The van der Waals surface area contributed by atoms with E-state index in [0.29, 0.717) is 31.1 Å². The van der Waals surface area contributed by atoms with Crippen molar-refractivity contribution in [3.63, 3.8) is 0 Å². The van der Waals surface area contributed by atoms with E-state index in [9.17, 15) is 4.79 Å². The number of carbonyl (C=O) groups is 1. The van der Waals surface area contributed by atoms with E-state index in [2.05, 4.69) is 6.07 Å². The summed E-state index contributed by atoms with van der Waals surface area (Å²) in [5.74, 6) is 0.796. The van der Waals surface area contributed by atoms with Crippen LogP contribution in [0.4, 0.5) is 0 Å². The number of benzene rings is 1. The van der Waals surface area contributed by atoms with Crippen molar-refractivity contribution >= 4 is 28.8 Å². The lowest BCUT2D eigenvalue weighted by Gasteiger charge is -2.31. The zero-order valence-corrected chi connectivity index (χ0v) is 16.1. The molecular weight excluding hydrogens is 370 g/mol. The van der Waals surface area contributed by atoms with E-state index in [1.54, 1.807) is 11.3 Å². The van der Waals surface area contributed by atoms with Crippen LogP contribution in [0.3, 0.4) is 0 Å². The maximum absolute atomic E-state index is 13.3. The Balaban J connectivity index is 1.49. The zero-order chi connectivity index (χ0) is 17.9. The van der Waals surface area contributed by atoms with Crippen LogP contribution in [-0.4, -0.2) is 36.7 Å². The van der Waals surface area contributed by atoms with Crippen LogP contribution < -0.4 is 4.74 Å². The number of halogens is 1. The molecule has 2 aromatic rings. The van der Waals surface area contributed by atoms with Crippen LogP contribution in [0.1, 0.15) is 23.3 Å². The van der Waals surface area contributed by atoms with E-state index in [4.69, 9.17) is 21.1 Å². The minimum absolute atomic E-state index is 0.138. The Bertz CT molecular complexity index is 758. The number of carbonyl (C=O) groups excluding carboxylic acids is 1. The summed E-state index contributed by atoms with van der Waals surface area (Å²) in [6.07, 6.45) is 2.91. The fraction of sp³-hybridized carbons (Fsp3) is 0.450. The first-order valence-electron chi connectivity index (χ1n) is 9.03. The van der Waals surface area contributed by atoms with Crippen molar-refractivity contribution in [1.29, 1.82) is 0 Å². The summed E-state index contributed by atoms with van der Waals surface area (Å²) in [6.45, 7) is 2.49. The SMILES string of the molecule is O=C(C1COc2ccc(Cl)cc2C1)N(Cc1cccs1)CC1CCCO1. The fourth-order valence-electron chi connectivity index (χ4n) is 3.64. The maximum atomic E-state index is 13.3. The molecule has 1 aromatic heterocycles. The third kappa shape index (κ3) is 4.05. The van der Waals surface area contributed by atoms with Crippen molar-refractivity contribution in [2.24, 2.45) is 5.92 Å². The molecule has 1 aromatic carbocycles. The minimum Gasteiger partial charge on any atom is -0.492 e. The highest BCUT2D eigenvalue weighted by molar-refractivity contribution is 7.09. The lowest BCUT2D eigenvalue weighted by atomic mass is 9.95. The molecule has 0 saturated carbocycles. The Morgan fingerprint density at radius 3 is 3.04 bits per heavy atom. The van der Waals surface area contributed by atoms with E-state index in [1.807, 2.05) is 34.5 Å². The first-order valence-corrected chi connectivity index (χ1v) is 10.3. The van der Waals surface area contributed by atoms with Gasteiger partial charge in [0.15, 0.2) is 0 Å². The lowest BCUT2D eigenvalue weighted by molar-refractivity contribution is -0.139. The molecule has 26 heavy (non-hydrogen) atoms. The average Bonchev–Trinajstić information content (AvgIpc) is 3.34. The second kappa shape index (κ2) is 7.99. The highest BCUT2D eigenvalue weighted by Crippen LogP contribution is 2.31. The molecule has 138 valence electrons. The van der Waals surface area contributed by atoms with E-state index < -0.39 is 0 Å². The van der Waals surface area contributed by atoms with Gasteiger partial charge in [-0.15, -0.1) is 11.3 Å². The van der Waals surface area contributed by atoms with Crippen LogP contribution in [0.2, 0.25) is 5.02 Å². The summed E-state index contributed by atoms with van der Waals surface area (Å²) >= 11 is 7.79. The van der Waals surface area contributed by atoms with Crippen LogP contribution in [0.5, 0.6) is 5.75 Å². The molecule has 3 heterocycles. The molecule has 0 radical (unpaired) electrons. The van der Waals surface area contributed by atoms with Gasteiger partial charge >= 0.3 is 0 Å². The van der Waals surface area contributed by atoms with Gasteiger partial charge < -0.3 is 14.4 Å². The van der Waals surface area contributed by atoms with Crippen molar-refractivity contribution in [1.82, 2.24) is 4.90 Å². The molecule has 0 N–H and O–H groups in total. The van der Waals surface area contributed by atoms with Gasteiger partial charge in [-0.2, -0.15) is 0 Å². The van der Waals surface area contributed by atoms with Gasteiger partial charge in [0.2, 0.25) is 5.91 Å². The Morgan fingerprint density at radius 2 is 2.27 bits per heavy atom. The number of fused-ring (bicyclic) bond motifs is 1. The standard InChI is InChI=1S/C20H22ClNO3S/c21-16-5-6-19-14(10-16)9-15(13-25-19)20(23)22(11-17-3-1-7-24-17)12-18-4-2-8-26-18/h2,4-6,8,10,15,17H,1,3,7,9,11-13H2. The lowest BCUT2D eigenvalue weighted by Crippen LogP contribution is -2.43. The Morgan fingerprint density at radius 1 is 1.35 bits per heavy atom. The smallest absolute Gasteiger partial charge is 0.229 e. The second-order valence-corrected chi connectivity index (χ2v) is 8.37. The molecular formula is C20H22ClNO3S. The van der Waals surface area contributed by atoms with Gasteiger partial charge in [0.25, 0.3) is 0 Å². The number of hydrogen-bond donors (Lipinski definition) is 0. The summed E-state index contributed by atoms with van der Waals surface area (Å²) in [4.78, 5) is 16.4. The Labute approximate surface area is 162 Å². The van der Waals surface area contributed by atoms with Crippen LogP contribution in [0, 0.1) is 5.92 Å². The molecule has 0 aliphatic carbocycles. The third-order valence-electron chi connectivity index (χ3n) is 4.96. The van der Waals surface area contributed by atoms with Gasteiger partial charge in [-0.3, -0.25) is 4.79 Å². The summed E-state index contributed by atoms with van der Waals surface area (Å²) in [6, 6.07) is 9.71. The van der Waals surface area contributed by atoms with Crippen LogP contribution >= 0.6 is 22.9 Å². The largest absolute Gasteiger partial charge is 0.492 e. The molecule has 1 saturated heterocycles. The average molecular weight is 392 g/mol. The second-order valence-electron chi connectivity index (χ2n) is 6.90. The Kier molecular flexibility index (Phi) is 5.48. The van der Waals surface area contributed by atoms with Crippen molar-refractivity contribution in [2.75, 3.05) is 19.8 Å². The van der Waals surface area contributed by atoms with E-state index in [0.717, 1.165) is 30.8 Å². The first-order chi connectivity index (χ1) is 12.7. The van der Waals surface area contributed by atoms with Gasteiger partial charge in [0.05, 0.1) is 18.6 Å². The summed E-state index contributed by atoms with van der Waals surface area (Å²) in [5, 5.41) is 2.72. The topological polar surface area (TPSA) is 38.8 Å².